The summed E-state index contributed by atoms with van der Waals surface area (Å²) in [5.41, 5.74) is 0. The van der Waals surface area contributed by atoms with E-state index < -0.39 is 31.0 Å². The Hall–Kier alpha value is -0.530. The van der Waals surface area contributed by atoms with Crippen LogP contribution in [-0.2, 0) is 4.79 Å². The Morgan fingerprint density at radius 3 is 1.87 bits per heavy atom. The molecule has 0 spiro atoms. The molecule has 90 valence electrons. The average molecular weight is 222 g/mol. The van der Waals surface area contributed by atoms with Gasteiger partial charge in [-0.3, -0.25) is 4.79 Å². The van der Waals surface area contributed by atoms with Gasteiger partial charge in [0, 0.05) is 0 Å². The molecule has 0 bridgehead atoms. The SMILES string of the molecule is C[N+](C)(C)[C@@H](C=O)[C@@H](O)[C@H](O)[C@H](O)CO. The van der Waals surface area contributed by atoms with Gasteiger partial charge in [0.15, 0.2) is 12.3 Å². The molecule has 0 saturated heterocycles. The van der Waals surface area contributed by atoms with E-state index in [1.54, 1.807) is 21.1 Å². The average Bonchev–Trinajstić information content (AvgIpc) is 2.14. The third-order valence-corrected chi connectivity index (χ3v) is 2.31. The molecule has 0 aromatic rings. The number of aliphatic hydroxyl groups excluding tert-OH is 4. The molecular formula is C9H20NO5+. The van der Waals surface area contributed by atoms with Gasteiger partial charge in [-0.2, -0.15) is 0 Å². The summed E-state index contributed by atoms with van der Waals surface area (Å²) >= 11 is 0. The van der Waals surface area contributed by atoms with Gasteiger partial charge in [-0.05, 0) is 0 Å². The summed E-state index contributed by atoms with van der Waals surface area (Å²) in [5, 5.41) is 36.8. The maximum Gasteiger partial charge on any atom is 0.180 e. The first-order valence-corrected chi connectivity index (χ1v) is 4.67. The highest BCUT2D eigenvalue weighted by Crippen LogP contribution is 2.11. The zero-order valence-corrected chi connectivity index (χ0v) is 9.24. The van der Waals surface area contributed by atoms with Crippen LogP contribution in [0.1, 0.15) is 0 Å². The van der Waals surface area contributed by atoms with Gasteiger partial charge < -0.3 is 24.9 Å². The summed E-state index contributed by atoms with van der Waals surface area (Å²) in [6.45, 7) is -0.666. The summed E-state index contributed by atoms with van der Waals surface area (Å²) in [7, 11) is 5.04. The van der Waals surface area contributed by atoms with Crippen LogP contribution in [0.3, 0.4) is 0 Å². The number of nitrogens with zero attached hydrogens (tertiary/aromatic N) is 1. The highest BCUT2D eigenvalue weighted by atomic mass is 16.4. The number of quaternary nitrogens is 1. The molecule has 15 heavy (non-hydrogen) atoms. The van der Waals surface area contributed by atoms with Gasteiger partial charge >= 0.3 is 0 Å². The summed E-state index contributed by atoms with van der Waals surface area (Å²) in [4.78, 5) is 10.8. The third kappa shape index (κ3) is 3.84. The van der Waals surface area contributed by atoms with Gasteiger partial charge in [0.05, 0.1) is 27.7 Å². The largest absolute Gasteiger partial charge is 0.394 e. The van der Waals surface area contributed by atoms with E-state index in [2.05, 4.69) is 0 Å². The molecule has 0 heterocycles. The summed E-state index contributed by atoms with van der Waals surface area (Å²) in [5.74, 6) is 0. The van der Waals surface area contributed by atoms with Crippen molar-refractivity contribution in [3.63, 3.8) is 0 Å². The molecule has 0 fully saturated rings. The minimum Gasteiger partial charge on any atom is -0.394 e. The topological polar surface area (TPSA) is 98.0 Å². The van der Waals surface area contributed by atoms with Crippen LogP contribution in [0.5, 0.6) is 0 Å². The quantitative estimate of drug-likeness (QED) is 0.290. The van der Waals surface area contributed by atoms with Crippen LogP contribution in [0, 0.1) is 0 Å². The zero-order valence-electron chi connectivity index (χ0n) is 9.24. The lowest BCUT2D eigenvalue weighted by Crippen LogP contribution is -2.58. The van der Waals surface area contributed by atoms with Crippen molar-refractivity contribution in [2.45, 2.75) is 24.4 Å². The maximum absolute atomic E-state index is 10.8. The molecule has 0 unspecified atom stereocenters. The first kappa shape index (κ1) is 14.5. The third-order valence-electron chi connectivity index (χ3n) is 2.31. The van der Waals surface area contributed by atoms with Crippen molar-refractivity contribution in [1.82, 2.24) is 0 Å². The molecule has 6 heteroatoms. The van der Waals surface area contributed by atoms with Crippen LogP contribution in [0.2, 0.25) is 0 Å². The maximum atomic E-state index is 10.8. The lowest BCUT2D eigenvalue weighted by molar-refractivity contribution is -0.889. The van der Waals surface area contributed by atoms with E-state index in [9.17, 15) is 15.0 Å². The van der Waals surface area contributed by atoms with Crippen LogP contribution < -0.4 is 0 Å². The first-order valence-electron chi connectivity index (χ1n) is 4.67. The zero-order chi connectivity index (χ0) is 12.2. The fraction of sp³-hybridized carbons (Fsp3) is 0.889. The normalized spacial score (nSPS) is 20.5. The van der Waals surface area contributed by atoms with E-state index in [-0.39, 0.29) is 4.48 Å². The molecule has 0 aromatic carbocycles. The molecule has 0 aliphatic heterocycles. The minimum atomic E-state index is -1.54. The minimum absolute atomic E-state index is 0.125. The second kappa shape index (κ2) is 5.53. The van der Waals surface area contributed by atoms with E-state index in [1.165, 1.54) is 0 Å². The molecule has 0 rings (SSSR count). The molecule has 0 amide bonds. The Bertz CT molecular complexity index is 203. The van der Waals surface area contributed by atoms with Crippen LogP contribution in [0.4, 0.5) is 0 Å². The van der Waals surface area contributed by atoms with Crippen LogP contribution >= 0.6 is 0 Å². The monoisotopic (exact) mass is 222 g/mol. The van der Waals surface area contributed by atoms with E-state index >= 15 is 0 Å². The Kier molecular flexibility index (Phi) is 5.33. The summed E-state index contributed by atoms with van der Waals surface area (Å²) < 4.78 is 0.125. The summed E-state index contributed by atoms with van der Waals surface area (Å²) in [6.07, 6.45) is -3.88. The number of rotatable bonds is 6. The second-order valence-electron chi connectivity index (χ2n) is 4.47. The van der Waals surface area contributed by atoms with Crippen molar-refractivity contribution in [1.29, 1.82) is 0 Å². The van der Waals surface area contributed by atoms with Crippen LogP contribution in [0.25, 0.3) is 0 Å². The fourth-order valence-corrected chi connectivity index (χ4v) is 1.26. The van der Waals surface area contributed by atoms with E-state index in [1.807, 2.05) is 0 Å². The number of hydrogen-bond donors (Lipinski definition) is 4. The lowest BCUT2D eigenvalue weighted by Gasteiger charge is -2.35. The van der Waals surface area contributed by atoms with E-state index in [0.29, 0.717) is 6.29 Å². The van der Waals surface area contributed by atoms with Gasteiger partial charge in [-0.25, -0.2) is 0 Å². The predicted molar refractivity (Wildman–Crippen MR) is 53.0 cm³/mol. The Morgan fingerprint density at radius 1 is 1.13 bits per heavy atom. The number of carbonyl (C=O) groups excluding carboxylic acids is 1. The highest BCUT2D eigenvalue weighted by Gasteiger charge is 2.38. The molecule has 6 nitrogen and oxygen atoms in total. The van der Waals surface area contributed by atoms with Crippen molar-refractivity contribution in [2.24, 2.45) is 0 Å². The Morgan fingerprint density at radius 2 is 1.60 bits per heavy atom. The van der Waals surface area contributed by atoms with E-state index in [0.717, 1.165) is 0 Å². The number of hydrogen-bond acceptors (Lipinski definition) is 5. The Balaban J connectivity index is 4.65. The predicted octanol–water partition coefficient (Wildman–Crippen LogP) is -2.66. The Labute approximate surface area is 89.0 Å². The van der Waals surface area contributed by atoms with Gasteiger partial charge in [0.2, 0.25) is 0 Å². The number of aldehydes is 1. The van der Waals surface area contributed by atoms with Crippen molar-refractivity contribution < 1.29 is 29.7 Å². The molecule has 0 aliphatic carbocycles. The number of carbonyl (C=O) groups is 1. The molecule has 0 radical (unpaired) electrons. The molecule has 0 saturated carbocycles. The highest BCUT2D eigenvalue weighted by molar-refractivity contribution is 5.57. The van der Waals surface area contributed by atoms with Crippen molar-refractivity contribution in [3.05, 3.63) is 0 Å². The molecule has 4 atom stereocenters. The number of likely N-dealkylation sites (N-methyl/N-ethyl adjacent to an activating group) is 1. The van der Waals surface area contributed by atoms with Crippen molar-refractivity contribution in [3.8, 4) is 0 Å². The van der Waals surface area contributed by atoms with Crippen molar-refractivity contribution >= 4 is 6.29 Å². The smallest absolute Gasteiger partial charge is 0.180 e. The molecular weight excluding hydrogens is 202 g/mol. The second-order valence-corrected chi connectivity index (χ2v) is 4.47. The standard InChI is InChI=1S/C9H20NO5/c1-10(2,3)6(4-11)8(14)9(15)7(13)5-12/h4,6-9,12-15H,5H2,1-3H3/q+1/t6-,7+,8+,9+/m0/s1. The van der Waals surface area contributed by atoms with Gasteiger partial charge in [-0.15, -0.1) is 0 Å². The van der Waals surface area contributed by atoms with Crippen LogP contribution in [0.15, 0.2) is 0 Å². The van der Waals surface area contributed by atoms with Gasteiger partial charge in [0.1, 0.15) is 18.3 Å². The van der Waals surface area contributed by atoms with Gasteiger partial charge in [-0.1, -0.05) is 0 Å². The van der Waals surface area contributed by atoms with Crippen LogP contribution in [-0.4, -0.2) is 83.3 Å². The van der Waals surface area contributed by atoms with Gasteiger partial charge in [0.25, 0.3) is 0 Å². The molecule has 0 aromatic heterocycles. The first-order chi connectivity index (χ1) is 6.75. The molecule has 4 N–H and O–H groups in total. The van der Waals surface area contributed by atoms with E-state index in [4.69, 9.17) is 10.2 Å². The number of aliphatic hydroxyl groups is 4. The summed E-state index contributed by atoms with van der Waals surface area (Å²) in [6, 6.07) is -0.860. The lowest BCUT2D eigenvalue weighted by atomic mass is 10.0. The fourth-order valence-electron chi connectivity index (χ4n) is 1.26. The molecule has 0 aliphatic rings. The van der Waals surface area contributed by atoms with Crippen molar-refractivity contribution in [2.75, 3.05) is 27.7 Å².